The van der Waals surface area contributed by atoms with Gasteiger partial charge >= 0.3 is 0 Å². The summed E-state index contributed by atoms with van der Waals surface area (Å²) in [6, 6.07) is 11.5. The topological polar surface area (TPSA) is 45.5 Å². The van der Waals surface area contributed by atoms with Crippen LogP contribution < -0.4 is 0 Å². The lowest BCUT2D eigenvalue weighted by Crippen LogP contribution is -2.42. The van der Waals surface area contributed by atoms with Crippen LogP contribution in [0.25, 0.3) is 5.69 Å². The van der Waals surface area contributed by atoms with Crippen molar-refractivity contribution in [1.29, 1.82) is 0 Å². The second-order valence-corrected chi connectivity index (χ2v) is 5.18. The van der Waals surface area contributed by atoms with Crippen LogP contribution in [0.15, 0.2) is 48.8 Å². The van der Waals surface area contributed by atoms with E-state index >= 15 is 0 Å². The Kier molecular flexibility index (Phi) is 3.56. The number of amides is 1. The molecule has 0 spiro atoms. The van der Waals surface area contributed by atoms with E-state index in [1.165, 1.54) is 0 Å². The average molecular weight is 270 g/mol. The highest BCUT2D eigenvalue weighted by Crippen LogP contribution is 2.15. The summed E-state index contributed by atoms with van der Waals surface area (Å²) in [7, 11) is 0. The molecule has 1 amide bonds. The Morgan fingerprint density at radius 2 is 1.85 bits per heavy atom. The Labute approximate surface area is 118 Å². The molecular weight excluding hydrogens is 252 g/mol. The van der Waals surface area contributed by atoms with Gasteiger partial charge in [-0.1, -0.05) is 0 Å². The number of likely N-dealkylation sites (tertiary alicyclic amines) is 1. The number of piperidine rings is 1. The monoisotopic (exact) mass is 270 g/mol. The van der Waals surface area contributed by atoms with Crippen molar-refractivity contribution in [3.63, 3.8) is 0 Å². The Morgan fingerprint density at radius 1 is 1.15 bits per heavy atom. The van der Waals surface area contributed by atoms with E-state index < -0.39 is 0 Å². The molecule has 1 atom stereocenters. The zero-order valence-electron chi connectivity index (χ0n) is 11.3. The standard InChI is InChI=1S/C16H18N2O2/c19-15-4-3-11-18(12-15)16(20)13-5-7-14(8-6-13)17-9-1-2-10-17/h1-2,5-10,15,19H,3-4,11-12H2/t15-/m0/s1. The molecule has 0 unspecified atom stereocenters. The van der Waals surface area contributed by atoms with E-state index in [1.54, 1.807) is 4.90 Å². The fourth-order valence-electron chi connectivity index (χ4n) is 2.60. The number of hydrogen-bond acceptors (Lipinski definition) is 2. The van der Waals surface area contributed by atoms with Gasteiger partial charge in [-0.15, -0.1) is 0 Å². The van der Waals surface area contributed by atoms with Crippen molar-refractivity contribution in [3.05, 3.63) is 54.4 Å². The van der Waals surface area contributed by atoms with Crippen molar-refractivity contribution < 1.29 is 9.90 Å². The molecule has 1 aromatic carbocycles. The molecule has 2 aromatic rings. The van der Waals surface area contributed by atoms with E-state index in [9.17, 15) is 9.90 Å². The fraction of sp³-hybridized carbons (Fsp3) is 0.312. The number of aromatic nitrogens is 1. The number of hydrogen-bond donors (Lipinski definition) is 1. The highest BCUT2D eigenvalue weighted by atomic mass is 16.3. The molecule has 1 N–H and O–H groups in total. The number of nitrogens with zero attached hydrogens (tertiary/aromatic N) is 2. The lowest BCUT2D eigenvalue weighted by atomic mass is 10.1. The number of carbonyl (C=O) groups is 1. The second-order valence-electron chi connectivity index (χ2n) is 5.18. The van der Waals surface area contributed by atoms with E-state index in [4.69, 9.17) is 0 Å². The van der Waals surface area contributed by atoms with Crippen LogP contribution >= 0.6 is 0 Å². The molecule has 0 bridgehead atoms. The maximum absolute atomic E-state index is 12.4. The predicted octanol–water partition coefficient (Wildman–Crippen LogP) is 2.07. The van der Waals surface area contributed by atoms with Crippen LogP contribution in [0.2, 0.25) is 0 Å². The van der Waals surface area contributed by atoms with E-state index in [0.717, 1.165) is 25.1 Å². The number of benzene rings is 1. The van der Waals surface area contributed by atoms with Gasteiger partial charge in [0, 0.05) is 36.7 Å². The van der Waals surface area contributed by atoms with E-state index in [-0.39, 0.29) is 12.0 Å². The van der Waals surface area contributed by atoms with Crippen LogP contribution in [0.1, 0.15) is 23.2 Å². The molecule has 1 fully saturated rings. The summed E-state index contributed by atoms with van der Waals surface area (Å²) < 4.78 is 2.00. The SMILES string of the molecule is O=C(c1ccc(-n2cccc2)cc1)N1CCC[C@H](O)C1. The normalized spacial score (nSPS) is 19.1. The summed E-state index contributed by atoms with van der Waals surface area (Å²) >= 11 is 0. The van der Waals surface area contributed by atoms with Gasteiger partial charge in [0.2, 0.25) is 0 Å². The van der Waals surface area contributed by atoms with Gasteiger partial charge in [0.1, 0.15) is 0 Å². The largest absolute Gasteiger partial charge is 0.391 e. The molecule has 1 aliphatic heterocycles. The third kappa shape index (κ3) is 2.60. The Morgan fingerprint density at radius 3 is 2.50 bits per heavy atom. The first kappa shape index (κ1) is 12.9. The Hall–Kier alpha value is -2.07. The molecule has 4 heteroatoms. The first-order valence-electron chi connectivity index (χ1n) is 6.95. The molecule has 3 rings (SSSR count). The molecule has 1 aromatic heterocycles. The van der Waals surface area contributed by atoms with Crippen molar-refractivity contribution in [2.45, 2.75) is 18.9 Å². The Balaban J connectivity index is 1.75. The van der Waals surface area contributed by atoms with Gasteiger partial charge in [-0.2, -0.15) is 0 Å². The third-order valence-electron chi connectivity index (χ3n) is 3.70. The molecule has 4 nitrogen and oxygen atoms in total. The van der Waals surface area contributed by atoms with Gasteiger partial charge < -0.3 is 14.6 Å². The van der Waals surface area contributed by atoms with Gasteiger partial charge in [0.25, 0.3) is 5.91 Å². The summed E-state index contributed by atoms with van der Waals surface area (Å²) in [5.74, 6) is 0.00260. The van der Waals surface area contributed by atoms with Gasteiger partial charge in [-0.05, 0) is 49.2 Å². The molecule has 0 radical (unpaired) electrons. The summed E-state index contributed by atoms with van der Waals surface area (Å²) in [6.07, 6.45) is 5.22. The maximum atomic E-state index is 12.4. The van der Waals surface area contributed by atoms with Crippen LogP contribution in [0, 0.1) is 0 Å². The summed E-state index contributed by atoms with van der Waals surface area (Å²) in [5, 5.41) is 9.65. The highest BCUT2D eigenvalue weighted by Gasteiger charge is 2.22. The molecule has 20 heavy (non-hydrogen) atoms. The number of aliphatic hydroxyl groups is 1. The fourth-order valence-corrected chi connectivity index (χ4v) is 2.60. The lowest BCUT2D eigenvalue weighted by Gasteiger charge is -2.30. The van der Waals surface area contributed by atoms with Gasteiger partial charge in [0.15, 0.2) is 0 Å². The number of β-amino-alcohol motifs (C(OH)–C–C–N with tert-alkyl or cyclic N) is 1. The van der Waals surface area contributed by atoms with Gasteiger partial charge in [-0.3, -0.25) is 4.79 Å². The van der Waals surface area contributed by atoms with Crippen LogP contribution in [0.4, 0.5) is 0 Å². The van der Waals surface area contributed by atoms with Crippen molar-refractivity contribution in [2.75, 3.05) is 13.1 Å². The summed E-state index contributed by atoms with van der Waals surface area (Å²) in [6.45, 7) is 1.17. The molecule has 1 aliphatic rings. The van der Waals surface area contributed by atoms with Crippen molar-refractivity contribution in [1.82, 2.24) is 9.47 Å². The molecular formula is C16H18N2O2. The molecule has 0 aliphatic carbocycles. The third-order valence-corrected chi connectivity index (χ3v) is 3.70. The van der Waals surface area contributed by atoms with E-state index in [2.05, 4.69) is 0 Å². The van der Waals surface area contributed by atoms with E-state index in [0.29, 0.717) is 12.1 Å². The van der Waals surface area contributed by atoms with Gasteiger partial charge in [-0.25, -0.2) is 0 Å². The summed E-state index contributed by atoms with van der Waals surface area (Å²) in [4.78, 5) is 14.1. The van der Waals surface area contributed by atoms with Crippen LogP contribution in [-0.2, 0) is 0 Å². The van der Waals surface area contributed by atoms with Gasteiger partial charge in [0.05, 0.1) is 6.10 Å². The van der Waals surface area contributed by atoms with Crippen molar-refractivity contribution in [2.24, 2.45) is 0 Å². The minimum absolute atomic E-state index is 0.00260. The molecule has 104 valence electrons. The van der Waals surface area contributed by atoms with Crippen molar-refractivity contribution in [3.8, 4) is 5.69 Å². The number of carbonyl (C=O) groups excluding carboxylic acids is 1. The van der Waals surface area contributed by atoms with Crippen molar-refractivity contribution >= 4 is 5.91 Å². The maximum Gasteiger partial charge on any atom is 0.253 e. The zero-order chi connectivity index (χ0) is 13.9. The first-order valence-corrected chi connectivity index (χ1v) is 6.95. The molecule has 0 saturated carbocycles. The summed E-state index contributed by atoms with van der Waals surface area (Å²) in [5.41, 5.74) is 1.71. The predicted molar refractivity (Wildman–Crippen MR) is 76.9 cm³/mol. The lowest BCUT2D eigenvalue weighted by molar-refractivity contribution is 0.0474. The van der Waals surface area contributed by atoms with Crippen LogP contribution in [0.3, 0.4) is 0 Å². The minimum atomic E-state index is -0.383. The van der Waals surface area contributed by atoms with Crippen LogP contribution in [-0.4, -0.2) is 39.7 Å². The Bertz CT molecular complexity index is 575. The minimum Gasteiger partial charge on any atom is -0.391 e. The quantitative estimate of drug-likeness (QED) is 0.908. The average Bonchev–Trinajstić information content (AvgIpc) is 3.01. The highest BCUT2D eigenvalue weighted by molar-refractivity contribution is 5.94. The smallest absolute Gasteiger partial charge is 0.253 e. The number of rotatable bonds is 2. The molecule has 1 saturated heterocycles. The molecule has 2 heterocycles. The first-order chi connectivity index (χ1) is 9.74. The second kappa shape index (κ2) is 5.51. The van der Waals surface area contributed by atoms with E-state index in [1.807, 2.05) is 53.4 Å². The zero-order valence-corrected chi connectivity index (χ0v) is 11.3. The number of aliphatic hydroxyl groups excluding tert-OH is 1. The van der Waals surface area contributed by atoms with Crippen LogP contribution in [0.5, 0.6) is 0 Å².